The number of benzene rings is 1. The molecule has 2 aliphatic rings. The summed E-state index contributed by atoms with van der Waals surface area (Å²) in [6.07, 6.45) is 2.53. The number of fused-ring (bicyclic) bond motifs is 3. The highest BCUT2D eigenvalue weighted by Gasteiger charge is 2.39. The van der Waals surface area contributed by atoms with Crippen LogP contribution in [0.1, 0.15) is 23.5 Å². The standard InChI is InChI=1S/C13H17NO/c1-14-6-5-11-12-8-10(15-2)4-3-9(12)7-13(11)14/h3-4,8,11,13H,5-7H2,1-2H3. The van der Waals surface area contributed by atoms with Gasteiger partial charge < -0.3 is 9.64 Å². The highest BCUT2D eigenvalue weighted by Crippen LogP contribution is 2.43. The maximum Gasteiger partial charge on any atom is 0.119 e. The molecule has 2 atom stereocenters. The molecule has 1 aromatic carbocycles. The Hall–Kier alpha value is -1.02. The normalized spacial score (nSPS) is 28.9. The zero-order valence-electron chi connectivity index (χ0n) is 9.36. The van der Waals surface area contributed by atoms with Gasteiger partial charge in [-0.3, -0.25) is 0 Å². The van der Waals surface area contributed by atoms with Crippen LogP contribution in [0.3, 0.4) is 0 Å². The Kier molecular flexibility index (Phi) is 1.99. The van der Waals surface area contributed by atoms with E-state index >= 15 is 0 Å². The fourth-order valence-electron chi connectivity index (χ4n) is 3.13. The van der Waals surface area contributed by atoms with E-state index in [1.54, 1.807) is 7.11 Å². The van der Waals surface area contributed by atoms with E-state index in [9.17, 15) is 0 Å². The van der Waals surface area contributed by atoms with E-state index in [1.165, 1.54) is 30.5 Å². The Morgan fingerprint density at radius 3 is 3.07 bits per heavy atom. The molecule has 0 radical (unpaired) electrons. The lowest BCUT2D eigenvalue weighted by atomic mass is 9.98. The van der Waals surface area contributed by atoms with Crippen molar-refractivity contribution in [3.63, 3.8) is 0 Å². The SMILES string of the molecule is COc1ccc2c(c1)C1CCN(C)C1C2. The Morgan fingerprint density at radius 2 is 2.27 bits per heavy atom. The molecule has 0 spiro atoms. The lowest BCUT2D eigenvalue weighted by Crippen LogP contribution is -2.26. The van der Waals surface area contributed by atoms with Crippen LogP contribution in [0.15, 0.2) is 18.2 Å². The predicted octanol–water partition coefficient (Wildman–Crippen LogP) is 2.04. The summed E-state index contributed by atoms with van der Waals surface area (Å²) in [7, 11) is 3.99. The van der Waals surface area contributed by atoms with E-state index in [4.69, 9.17) is 4.74 Å². The van der Waals surface area contributed by atoms with Crippen molar-refractivity contribution >= 4 is 0 Å². The number of rotatable bonds is 1. The first kappa shape index (κ1) is 9.22. The van der Waals surface area contributed by atoms with Gasteiger partial charge in [0.05, 0.1) is 7.11 Å². The maximum absolute atomic E-state index is 5.30. The molecule has 1 aliphatic carbocycles. The molecule has 0 N–H and O–H groups in total. The van der Waals surface area contributed by atoms with Crippen molar-refractivity contribution < 1.29 is 4.74 Å². The van der Waals surface area contributed by atoms with Gasteiger partial charge >= 0.3 is 0 Å². The number of likely N-dealkylation sites (N-methyl/N-ethyl adjacent to an activating group) is 1. The van der Waals surface area contributed by atoms with Crippen LogP contribution in [0.5, 0.6) is 5.75 Å². The molecule has 2 unspecified atom stereocenters. The summed E-state index contributed by atoms with van der Waals surface area (Å²) in [5.74, 6) is 1.75. The summed E-state index contributed by atoms with van der Waals surface area (Å²) in [5, 5.41) is 0. The first-order valence-electron chi connectivity index (χ1n) is 5.66. The average Bonchev–Trinajstić information content (AvgIpc) is 2.78. The lowest BCUT2D eigenvalue weighted by molar-refractivity contribution is 0.308. The predicted molar refractivity (Wildman–Crippen MR) is 60.5 cm³/mol. The van der Waals surface area contributed by atoms with E-state index in [2.05, 4.69) is 30.1 Å². The zero-order valence-corrected chi connectivity index (χ0v) is 9.36. The molecule has 15 heavy (non-hydrogen) atoms. The first-order chi connectivity index (χ1) is 7.29. The molecule has 1 aliphatic heterocycles. The van der Waals surface area contributed by atoms with E-state index < -0.39 is 0 Å². The van der Waals surface area contributed by atoms with E-state index in [0.717, 1.165) is 17.7 Å². The third-order valence-corrected chi connectivity index (χ3v) is 4.00. The quantitative estimate of drug-likeness (QED) is 0.692. The third-order valence-electron chi connectivity index (χ3n) is 4.00. The average molecular weight is 203 g/mol. The van der Waals surface area contributed by atoms with Crippen LogP contribution < -0.4 is 4.74 Å². The zero-order chi connectivity index (χ0) is 10.4. The molecule has 0 saturated carbocycles. The van der Waals surface area contributed by atoms with Crippen LogP contribution in [0.4, 0.5) is 0 Å². The molecule has 0 aromatic heterocycles. The minimum absolute atomic E-state index is 0.743. The number of methoxy groups -OCH3 is 1. The number of likely N-dealkylation sites (tertiary alicyclic amines) is 1. The summed E-state index contributed by atoms with van der Waals surface area (Å²) < 4.78 is 5.30. The van der Waals surface area contributed by atoms with Crippen molar-refractivity contribution in [2.75, 3.05) is 20.7 Å². The highest BCUT2D eigenvalue weighted by atomic mass is 16.5. The first-order valence-corrected chi connectivity index (χ1v) is 5.66. The Bertz CT molecular complexity index is 388. The van der Waals surface area contributed by atoms with Gasteiger partial charge in [-0.05, 0) is 49.7 Å². The van der Waals surface area contributed by atoms with Crippen LogP contribution in [0.2, 0.25) is 0 Å². The third kappa shape index (κ3) is 1.28. The van der Waals surface area contributed by atoms with Gasteiger partial charge in [0.15, 0.2) is 0 Å². The van der Waals surface area contributed by atoms with Crippen LogP contribution in [-0.4, -0.2) is 31.6 Å². The van der Waals surface area contributed by atoms with Crippen LogP contribution in [0.25, 0.3) is 0 Å². The van der Waals surface area contributed by atoms with Gasteiger partial charge in [0.2, 0.25) is 0 Å². The van der Waals surface area contributed by atoms with Crippen LogP contribution in [0, 0.1) is 0 Å². The monoisotopic (exact) mass is 203 g/mol. The molecule has 2 nitrogen and oxygen atoms in total. The molecule has 1 heterocycles. The van der Waals surface area contributed by atoms with Gasteiger partial charge in [0.1, 0.15) is 5.75 Å². The largest absolute Gasteiger partial charge is 0.497 e. The molecule has 80 valence electrons. The molecule has 0 amide bonds. The summed E-state index contributed by atoms with van der Waals surface area (Å²) in [5.41, 5.74) is 3.06. The Morgan fingerprint density at radius 1 is 1.40 bits per heavy atom. The minimum atomic E-state index is 0.743. The molecule has 1 saturated heterocycles. The summed E-state index contributed by atoms with van der Waals surface area (Å²) >= 11 is 0. The van der Waals surface area contributed by atoms with Gasteiger partial charge in [-0.15, -0.1) is 0 Å². The van der Waals surface area contributed by atoms with Gasteiger partial charge in [0.25, 0.3) is 0 Å². The topological polar surface area (TPSA) is 12.5 Å². The molecule has 1 fully saturated rings. The summed E-state index contributed by atoms with van der Waals surface area (Å²) in [6, 6.07) is 7.30. The van der Waals surface area contributed by atoms with Gasteiger partial charge in [-0.1, -0.05) is 6.07 Å². The molecule has 2 heteroatoms. The fourth-order valence-corrected chi connectivity index (χ4v) is 3.13. The number of hydrogen-bond acceptors (Lipinski definition) is 2. The van der Waals surface area contributed by atoms with Crippen molar-refractivity contribution in [1.82, 2.24) is 4.90 Å². The second-order valence-corrected chi connectivity index (χ2v) is 4.71. The molecule has 3 rings (SSSR count). The van der Waals surface area contributed by atoms with Crippen molar-refractivity contribution in [2.24, 2.45) is 0 Å². The van der Waals surface area contributed by atoms with Crippen molar-refractivity contribution in [1.29, 1.82) is 0 Å². The number of ether oxygens (including phenoxy) is 1. The van der Waals surface area contributed by atoms with Crippen molar-refractivity contribution in [3.05, 3.63) is 29.3 Å². The van der Waals surface area contributed by atoms with E-state index in [0.29, 0.717) is 0 Å². The van der Waals surface area contributed by atoms with Crippen molar-refractivity contribution in [2.45, 2.75) is 24.8 Å². The van der Waals surface area contributed by atoms with Crippen LogP contribution in [-0.2, 0) is 6.42 Å². The van der Waals surface area contributed by atoms with Gasteiger partial charge in [-0.2, -0.15) is 0 Å². The second-order valence-electron chi connectivity index (χ2n) is 4.71. The van der Waals surface area contributed by atoms with Crippen LogP contribution >= 0.6 is 0 Å². The highest BCUT2D eigenvalue weighted by molar-refractivity contribution is 5.43. The maximum atomic E-state index is 5.30. The minimum Gasteiger partial charge on any atom is -0.497 e. The van der Waals surface area contributed by atoms with E-state index in [-0.39, 0.29) is 0 Å². The molecular formula is C13H17NO. The van der Waals surface area contributed by atoms with Gasteiger partial charge in [-0.25, -0.2) is 0 Å². The molecular weight excluding hydrogens is 186 g/mol. The lowest BCUT2D eigenvalue weighted by Gasteiger charge is -2.17. The number of hydrogen-bond donors (Lipinski definition) is 0. The molecule has 0 bridgehead atoms. The summed E-state index contributed by atoms with van der Waals surface area (Å²) in [6.45, 7) is 1.24. The smallest absolute Gasteiger partial charge is 0.119 e. The van der Waals surface area contributed by atoms with Crippen molar-refractivity contribution in [3.8, 4) is 5.75 Å². The number of nitrogens with zero attached hydrogens (tertiary/aromatic N) is 1. The Balaban J connectivity index is 2.01. The Labute approximate surface area is 90.8 Å². The van der Waals surface area contributed by atoms with E-state index in [1.807, 2.05) is 0 Å². The second kappa shape index (κ2) is 3.24. The molecule has 1 aromatic rings. The van der Waals surface area contributed by atoms with Gasteiger partial charge in [0, 0.05) is 12.0 Å². The fraction of sp³-hybridized carbons (Fsp3) is 0.538. The summed E-state index contributed by atoms with van der Waals surface area (Å²) in [4.78, 5) is 2.50.